The lowest BCUT2D eigenvalue weighted by atomic mass is 10.2. The van der Waals surface area contributed by atoms with E-state index in [0.717, 1.165) is 0 Å². The standard InChI is InChI=1S/C18H41O5PSi2/c1-11-15-16-18(25(5,6)7,24(19,21-13-3)22-14-4)17(20-12-2)23-26(8,9)10/h11,15,17H,12-14,16H2,1-10H3/b15-11+. The van der Waals surface area contributed by atoms with E-state index >= 15 is 0 Å². The lowest BCUT2D eigenvalue weighted by Gasteiger charge is -2.51. The number of hydrogen-bond acceptors (Lipinski definition) is 5. The molecule has 0 aromatic heterocycles. The molecule has 0 saturated heterocycles. The van der Waals surface area contributed by atoms with Crippen LogP contribution in [-0.4, -0.2) is 47.3 Å². The first-order chi connectivity index (χ1) is 11.8. The molecule has 0 aliphatic carbocycles. The average molecular weight is 425 g/mol. The Morgan fingerprint density at radius 1 is 0.962 bits per heavy atom. The van der Waals surface area contributed by atoms with E-state index in [1.54, 1.807) is 0 Å². The largest absolute Gasteiger partial charge is 0.392 e. The predicted molar refractivity (Wildman–Crippen MR) is 116 cm³/mol. The van der Waals surface area contributed by atoms with Crippen LogP contribution >= 0.6 is 7.60 Å². The zero-order valence-corrected chi connectivity index (χ0v) is 21.4. The van der Waals surface area contributed by atoms with E-state index in [2.05, 4.69) is 39.3 Å². The summed E-state index contributed by atoms with van der Waals surface area (Å²) in [5.41, 5.74) is 0. The molecule has 0 aromatic carbocycles. The van der Waals surface area contributed by atoms with Crippen molar-refractivity contribution in [1.82, 2.24) is 0 Å². The molecule has 0 radical (unpaired) electrons. The molecule has 0 aliphatic heterocycles. The topological polar surface area (TPSA) is 54.0 Å². The van der Waals surface area contributed by atoms with Crippen molar-refractivity contribution in [2.75, 3.05) is 19.8 Å². The minimum Gasteiger partial charge on any atom is -0.392 e. The highest BCUT2D eigenvalue weighted by molar-refractivity contribution is 7.59. The highest BCUT2D eigenvalue weighted by Gasteiger charge is 2.64. The lowest BCUT2D eigenvalue weighted by Crippen LogP contribution is -2.63. The summed E-state index contributed by atoms with van der Waals surface area (Å²) in [5, 5.41) is 0. The molecular weight excluding hydrogens is 383 g/mol. The predicted octanol–water partition coefficient (Wildman–Crippen LogP) is 6.05. The lowest BCUT2D eigenvalue weighted by molar-refractivity contribution is -0.0974. The Kier molecular flexibility index (Phi) is 10.8. The van der Waals surface area contributed by atoms with Crippen molar-refractivity contribution in [3.05, 3.63) is 12.2 Å². The van der Waals surface area contributed by atoms with Gasteiger partial charge in [-0.05, 0) is 53.8 Å². The smallest absolute Gasteiger partial charge is 0.339 e. The fourth-order valence-corrected chi connectivity index (χ4v) is 11.4. The molecule has 0 N–H and O–H groups in total. The van der Waals surface area contributed by atoms with E-state index < -0.39 is 35.1 Å². The fraction of sp³-hybridized carbons (Fsp3) is 0.889. The third-order valence-electron chi connectivity index (χ3n) is 4.22. The monoisotopic (exact) mass is 424 g/mol. The summed E-state index contributed by atoms with van der Waals surface area (Å²) >= 11 is 0. The van der Waals surface area contributed by atoms with Crippen LogP contribution < -0.4 is 0 Å². The molecule has 0 heterocycles. The van der Waals surface area contributed by atoms with Gasteiger partial charge in [0, 0.05) is 6.61 Å². The van der Waals surface area contributed by atoms with E-state index in [1.165, 1.54) is 0 Å². The molecule has 0 bridgehead atoms. The molecular formula is C18H41O5PSi2. The van der Waals surface area contributed by atoms with Gasteiger partial charge >= 0.3 is 7.60 Å². The summed E-state index contributed by atoms with van der Waals surface area (Å²) in [7, 11) is -7.65. The Morgan fingerprint density at radius 2 is 1.46 bits per heavy atom. The van der Waals surface area contributed by atoms with Crippen LogP contribution in [-0.2, 0) is 22.8 Å². The Balaban J connectivity index is 6.72. The highest BCUT2D eigenvalue weighted by Crippen LogP contribution is 2.67. The SMILES string of the molecule is C/C=C/CC(C(OCC)O[Si](C)(C)C)([Si](C)(C)C)P(=O)(OCC)OCC. The maximum atomic E-state index is 14.2. The van der Waals surface area contributed by atoms with Gasteiger partial charge < -0.3 is 18.2 Å². The second-order valence-corrected chi connectivity index (χ2v) is 20.9. The van der Waals surface area contributed by atoms with Crippen LogP contribution in [0.3, 0.4) is 0 Å². The summed E-state index contributed by atoms with van der Waals surface area (Å²) < 4.78 is 37.8. The van der Waals surface area contributed by atoms with Gasteiger partial charge in [-0.25, -0.2) is 0 Å². The van der Waals surface area contributed by atoms with Gasteiger partial charge in [0.05, 0.1) is 21.3 Å². The van der Waals surface area contributed by atoms with E-state index in [-0.39, 0.29) is 0 Å². The second kappa shape index (κ2) is 10.7. The fourth-order valence-electron chi connectivity index (χ4n) is 3.05. The van der Waals surface area contributed by atoms with Gasteiger partial charge in [-0.3, -0.25) is 4.57 Å². The van der Waals surface area contributed by atoms with Gasteiger partial charge in [0.1, 0.15) is 4.78 Å². The van der Waals surface area contributed by atoms with Gasteiger partial charge in [-0.15, -0.1) is 0 Å². The van der Waals surface area contributed by atoms with Crippen molar-refractivity contribution < 1.29 is 22.8 Å². The molecule has 0 aliphatic rings. The van der Waals surface area contributed by atoms with Crippen molar-refractivity contribution in [1.29, 1.82) is 0 Å². The van der Waals surface area contributed by atoms with Crippen molar-refractivity contribution >= 4 is 24.0 Å². The third-order valence-corrected chi connectivity index (χ3v) is 13.6. The van der Waals surface area contributed by atoms with Crippen molar-refractivity contribution in [2.24, 2.45) is 0 Å². The molecule has 0 rings (SSSR count). The number of hydrogen-bond donors (Lipinski definition) is 0. The maximum absolute atomic E-state index is 14.2. The number of rotatable bonds is 13. The van der Waals surface area contributed by atoms with Crippen LogP contribution in [0.4, 0.5) is 0 Å². The van der Waals surface area contributed by atoms with Crippen LogP contribution in [0, 0.1) is 0 Å². The van der Waals surface area contributed by atoms with Crippen molar-refractivity contribution in [3.8, 4) is 0 Å². The van der Waals surface area contributed by atoms with Crippen molar-refractivity contribution in [3.63, 3.8) is 0 Å². The minimum atomic E-state index is -3.50. The molecule has 0 amide bonds. The van der Waals surface area contributed by atoms with E-state index in [4.69, 9.17) is 18.2 Å². The summed E-state index contributed by atoms with van der Waals surface area (Å²) in [6, 6.07) is 0. The number of ether oxygens (including phenoxy) is 1. The second-order valence-electron chi connectivity index (χ2n) is 8.30. The van der Waals surface area contributed by atoms with Crippen LogP contribution in [0.15, 0.2) is 12.2 Å². The van der Waals surface area contributed by atoms with Gasteiger partial charge in [0.15, 0.2) is 14.6 Å². The first-order valence-corrected chi connectivity index (χ1v) is 18.1. The van der Waals surface area contributed by atoms with E-state index in [9.17, 15) is 4.57 Å². The maximum Gasteiger partial charge on any atom is 0.339 e. The first kappa shape index (κ1) is 26.2. The molecule has 0 aromatic rings. The van der Waals surface area contributed by atoms with Gasteiger partial charge in [0.25, 0.3) is 0 Å². The zero-order chi connectivity index (χ0) is 20.6. The molecule has 26 heavy (non-hydrogen) atoms. The third kappa shape index (κ3) is 6.40. The van der Waals surface area contributed by atoms with Gasteiger partial charge in [-0.2, -0.15) is 0 Å². The molecule has 156 valence electrons. The summed E-state index contributed by atoms with van der Waals surface area (Å²) in [6.45, 7) is 21.7. The van der Waals surface area contributed by atoms with Crippen LogP contribution in [0.5, 0.6) is 0 Å². The summed E-state index contributed by atoms with van der Waals surface area (Å²) in [5.74, 6) is 0. The molecule has 0 saturated carbocycles. The molecule has 0 spiro atoms. The Bertz CT molecular complexity index is 475. The van der Waals surface area contributed by atoms with Crippen LogP contribution in [0.1, 0.15) is 34.1 Å². The van der Waals surface area contributed by atoms with Crippen molar-refractivity contribution in [2.45, 2.75) is 84.5 Å². The quantitative estimate of drug-likeness (QED) is 0.156. The van der Waals surface area contributed by atoms with Gasteiger partial charge in [-0.1, -0.05) is 31.8 Å². The normalized spacial score (nSPS) is 17.5. The number of allylic oxidation sites excluding steroid dienone is 2. The summed E-state index contributed by atoms with van der Waals surface area (Å²) in [6.07, 6.45) is 3.95. The molecule has 8 heteroatoms. The minimum absolute atomic E-state index is 0.325. The molecule has 0 fully saturated rings. The summed E-state index contributed by atoms with van der Waals surface area (Å²) in [4.78, 5) is 0. The Labute approximate surface area is 163 Å². The van der Waals surface area contributed by atoms with Crippen LogP contribution in [0.25, 0.3) is 0 Å². The van der Waals surface area contributed by atoms with E-state index in [0.29, 0.717) is 26.2 Å². The Morgan fingerprint density at radius 3 is 1.77 bits per heavy atom. The molecule has 2 atom stereocenters. The molecule has 2 unspecified atom stereocenters. The first-order valence-electron chi connectivity index (χ1n) is 9.65. The molecule has 5 nitrogen and oxygen atoms in total. The van der Waals surface area contributed by atoms with E-state index in [1.807, 2.05) is 39.8 Å². The van der Waals surface area contributed by atoms with Gasteiger partial charge in [0.2, 0.25) is 0 Å². The highest BCUT2D eigenvalue weighted by atomic mass is 31.2. The zero-order valence-electron chi connectivity index (χ0n) is 18.5. The Hall–Kier alpha value is 0.244. The van der Waals surface area contributed by atoms with Crippen LogP contribution in [0.2, 0.25) is 39.3 Å². The average Bonchev–Trinajstić information content (AvgIpc) is 2.45.